The molecule has 1 saturated heterocycles. The van der Waals surface area contributed by atoms with E-state index in [0.717, 1.165) is 24.8 Å². The zero-order valence-electron chi connectivity index (χ0n) is 22.6. The number of aliphatic hydroxyl groups is 1. The Morgan fingerprint density at radius 1 is 1.05 bits per heavy atom. The predicted octanol–water partition coefficient (Wildman–Crippen LogP) is 5.05. The second-order valence-electron chi connectivity index (χ2n) is 9.61. The summed E-state index contributed by atoms with van der Waals surface area (Å²) in [5.74, 6) is 0.261. The molecule has 9 heteroatoms. The molecule has 0 bridgehead atoms. The number of carbonyl (C=O) groups is 2. The van der Waals surface area contributed by atoms with Crippen LogP contribution in [-0.4, -0.2) is 53.6 Å². The SMILES string of the molecule is CCCCCOc1ccc(C2C(=C(O)c3ccc4c(c3)OCCO4)C(=O)C(=O)N2Cc2cccnc2)cc1OC. The van der Waals surface area contributed by atoms with E-state index in [1.807, 2.05) is 6.07 Å². The Labute approximate surface area is 233 Å². The summed E-state index contributed by atoms with van der Waals surface area (Å²) in [6, 6.07) is 13.0. The van der Waals surface area contributed by atoms with E-state index in [-0.39, 0.29) is 17.9 Å². The number of hydrogen-bond donors (Lipinski definition) is 1. The highest BCUT2D eigenvalue weighted by molar-refractivity contribution is 6.46. The molecule has 0 aliphatic carbocycles. The first-order valence-electron chi connectivity index (χ1n) is 13.4. The molecule has 40 heavy (non-hydrogen) atoms. The average Bonchev–Trinajstić information content (AvgIpc) is 3.24. The van der Waals surface area contributed by atoms with Crippen LogP contribution in [0.15, 0.2) is 66.5 Å². The molecule has 5 rings (SSSR count). The van der Waals surface area contributed by atoms with Crippen molar-refractivity contribution in [3.63, 3.8) is 0 Å². The summed E-state index contributed by atoms with van der Waals surface area (Å²) < 4.78 is 22.8. The number of hydrogen-bond acceptors (Lipinski definition) is 8. The number of methoxy groups -OCH3 is 1. The van der Waals surface area contributed by atoms with Crippen molar-refractivity contribution in [2.45, 2.75) is 38.8 Å². The van der Waals surface area contributed by atoms with Gasteiger partial charge in [-0.3, -0.25) is 14.6 Å². The zero-order chi connectivity index (χ0) is 28.1. The van der Waals surface area contributed by atoms with Gasteiger partial charge in [-0.15, -0.1) is 0 Å². The molecule has 208 valence electrons. The Morgan fingerprint density at radius 3 is 2.62 bits per heavy atom. The number of ketones is 1. The van der Waals surface area contributed by atoms with E-state index in [4.69, 9.17) is 18.9 Å². The lowest BCUT2D eigenvalue weighted by Gasteiger charge is -2.26. The smallest absolute Gasteiger partial charge is 0.295 e. The van der Waals surface area contributed by atoms with Crippen molar-refractivity contribution in [3.8, 4) is 23.0 Å². The van der Waals surface area contributed by atoms with Crippen LogP contribution in [0.1, 0.15) is 48.9 Å². The summed E-state index contributed by atoms with van der Waals surface area (Å²) in [5.41, 5.74) is 1.66. The van der Waals surface area contributed by atoms with Crippen molar-refractivity contribution >= 4 is 17.4 Å². The zero-order valence-corrected chi connectivity index (χ0v) is 22.6. The minimum absolute atomic E-state index is 0.0239. The molecule has 0 saturated carbocycles. The van der Waals surface area contributed by atoms with Crippen LogP contribution >= 0.6 is 0 Å². The second kappa shape index (κ2) is 12.1. The average molecular weight is 545 g/mol. The van der Waals surface area contributed by atoms with Gasteiger partial charge in [0.05, 0.1) is 25.3 Å². The van der Waals surface area contributed by atoms with Crippen LogP contribution in [0.4, 0.5) is 0 Å². The lowest BCUT2D eigenvalue weighted by Crippen LogP contribution is -2.29. The molecule has 9 nitrogen and oxygen atoms in total. The molecular weight excluding hydrogens is 512 g/mol. The van der Waals surface area contributed by atoms with Gasteiger partial charge in [-0.2, -0.15) is 0 Å². The number of ether oxygens (including phenoxy) is 4. The van der Waals surface area contributed by atoms with Crippen molar-refractivity contribution in [2.24, 2.45) is 0 Å². The topological polar surface area (TPSA) is 107 Å². The minimum Gasteiger partial charge on any atom is -0.507 e. The Morgan fingerprint density at radius 2 is 1.88 bits per heavy atom. The Bertz CT molecular complexity index is 1420. The van der Waals surface area contributed by atoms with Crippen molar-refractivity contribution in [1.82, 2.24) is 9.88 Å². The Kier molecular flexibility index (Phi) is 8.19. The third-order valence-electron chi connectivity index (χ3n) is 6.94. The van der Waals surface area contributed by atoms with Crippen LogP contribution < -0.4 is 18.9 Å². The van der Waals surface area contributed by atoms with Gasteiger partial charge in [0.1, 0.15) is 19.0 Å². The Balaban J connectivity index is 1.58. The molecule has 3 aromatic rings. The number of pyridine rings is 1. The maximum absolute atomic E-state index is 13.5. The predicted molar refractivity (Wildman–Crippen MR) is 148 cm³/mol. The van der Waals surface area contributed by atoms with Gasteiger partial charge in [0.15, 0.2) is 23.0 Å². The summed E-state index contributed by atoms with van der Waals surface area (Å²) in [6.07, 6.45) is 6.34. The van der Waals surface area contributed by atoms with E-state index in [0.29, 0.717) is 53.9 Å². The quantitative estimate of drug-likeness (QED) is 0.164. The molecule has 1 fully saturated rings. The number of rotatable bonds is 10. The Hall–Kier alpha value is -4.53. The fourth-order valence-corrected chi connectivity index (χ4v) is 4.93. The lowest BCUT2D eigenvalue weighted by atomic mass is 9.94. The van der Waals surface area contributed by atoms with Gasteiger partial charge in [-0.05, 0) is 53.9 Å². The minimum atomic E-state index is -0.878. The molecule has 1 unspecified atom stereocenters. The molecule has 3 heterocycles. The summed E-state index contributed by atoms with van der Waals surface area (Å²) in [7, 11) is 1.54. The van der Waals surface area contributed by atoms with Gasteiger partial charge in [-0.25, -0.2) is 0 Å². The van der Waals surface area contributed by atoms with Crippen LogP contribution in [0, 0.1) is 0 Å². The monoisotopic (exact) mass is 544 g/mol. The number of carbonyl (C=O) groups excluding carboxylic acids is 2. The van der Waals surface area contributed by atoms with Crippen LogP contribution in [0.5, 0.6) is 23.0 Å². The van der Waals surface area contributed by atoms with Crippen LogP contribution in [0.3, 0.4) is 0 Å². The lowest BCUT2D eigenvalue weighted by molar-refractivity contribution is -0.140. The van der Waals surface area contributed by atoms with Gasteiger partial charge < -0.3 is 29.0 Å². The molecule has 1 aromatic heterocycles. The fourth-order valence-electron chi connectivity index (χ4n) is 4.93. The van der Waals surface area contributed by atoms with Gasteiger partial charge in [0, 0.05) is 24.5 Å². The van der Waals surface area contributed by atoms with E-state index in [2.05, 4.69) is 11.9 Å². The van der Waals surface area contributed by atoms with Gasteiger partial charge in [0.25, 0.3) is 11.7 Å². The van der Waals surface area contributed by atoms with E-state index in [9.17, 15) is 14.7 Å². The second-order valence-corrected chi connectivity index (χ2v) is 9.61. The van der Waals surface area contributed by atoms with Crippen molar-refractivity contribution in [2.75, 3.05) is 26.9 Å². The molecule has 0 radical (unpaired) electrons. The number of fused-ring (bicyclic) bond motifs is 1. The number of aromatic nitrogens is 1. The highest BCUT2D eigenvalue weighted by atomic mass is 16.6. The summed E-state index contributed by atoms with van der Waals surface area (Å²) in [4.78, 5) is 32.5. The van der Waals surface area contributed by atoms with Crippen LogP contribution in [0.2, 0.25) is 0 Å². The third-order valence-corrected chi connectivity index (χ3v) is 6.94. The summed E-state index contributed by atoms with van der Waals surface area (Å²) >= 11 is 0. The normalized spacial score (nSPS) is 17.6. The van der Waals surface area contributed by atoms with E-state index in [1.54, 1.807) is 62.0 Å². The van der Waals surface area contributed by atoms with Gasteiger partial charge in [-0.1, -0.05) is 31.9 Å². The van der Waals surface area contributed by atoms with E-state index >= 15 is 0 Å². The van der Waals surface area contributed by atoms with E-state index in [1.165, 1.54) is 4.90 Å². The summed E-state index contributed by atoms with van der Waals surface area (Å²) in [6.45, 7) is 3.60. The fraction of sp³-hybridized carbons (Fsp3) is 0.323. The highest BCUT2D eigenvalue weighted by Gasteiger charge is 2.46. The molecule has 0 spiro atoms. The van der Waals surface area contributed by atoms with Crippen molar-refractivity contribution in [3.05, 3.63) is 83.2 Å². The van der Waals surface area contributed by atoms with Crippen LogP contribution in [-0.2, 0) is 16.1 Å². The number of likely N-dealkylation sites (tertiary alicyclic amines) is 1. The summed E-state index contributed by atoms with van der Waals surface area (Å²) in [5, 5.41) is 11.5. The first kappa shape index (κ1) is 27.1. The largest absolute Gasteiger partial charge is 0.507 e. The van der Waals surface area contributed by atoms with Crippen LogP contribution in [0.25, 0.3) is 5.76 Å². The van der Waals surface area contributed by atoms with Crippen molar-refractivity contribution in [1.29, 1.82) is 0 Å². The number of Topliss-reactive ketones (excluding diaryl/α,β-unsaturated/α-hetero) is 1. The maximum atomic E-state index is 13.5. The standard InChI is InChI=1S/C31H32N2O7/c1-3-4-5-13-38-23-10-8-21(16-25(23)37-2)28-27(29(34)22-9-11-24-26(17-22)40-15-14-39-24)30(35)31(36)33(28)19-20-7-6-12-32-18-20/h6-12,16-18,28,34H,3-5,13-15,19H2,1-2H3. The highest BCUT2D eigenvalue weighted by Crippen LogP contribution is 2.43. The third kappa shape index (κ3) is 5.45. The molecule has 2 aliphatic heterocycles. The molecule has 1 N–H and O–H groups in total. The first-order chi connectivity index (χ1) is 19.5. The number of aliphatic hydroxyl groups excluding tert-OH is 1. The van der Waals surface area contributed by atoms with E-state index < -0.39 is 17.7 Å². The molecule has 2 aromatic carbocycles. The van der Waals surface area contributed by atoms with Crippen molar-refractivity contribution < 1.29 is 33.6 Å². The van der Waals surface area contributed by atoms with Gasteiger partial charge >= 0.3 is 0 Å². The van der Waals surface area contributed by atoms with Gasteiger partial charge in [0.2, 0.25) is 0 Å². The molecule has 1 atom stereocenters. The number of unbranched alkanes of at least 4 members (excludes halogenated alkanes) is 2. The molecule has 1 amide bonds. The number of benzene rings is 2. The molecular formula is C31H32N2O7. The maximum Gasteiger partial charge on any atom is 0.295 e. The number of nitrogens with zero attached hydrogens (tertiary/aromatic N) is 2. The first-order valence-corrected chi connectivity index (χ1v) is 13.4. The number of amides is 1. The molecule has 2 aliphatic rings.